The van der Waals surface area contributed by atoms with Crippen LogP contribution in [0.3, 0.4) is 0 Å². The van der Waals surface area contributed by atoms with Crippen LogP contribution in [0.4, 0.5) is 0 Å². The van der Waals surface area contributed by atoms with E-state index in [0.29, 0.717) is 19.5 Å². The Morgan fingerprint density at radius 3 is 3.00 bits per heavy atom. The monoisotopic (exact) mass is 200 g/mol. The second kappa shape index (κ2) is 5.32. The summed E-state index contributed by atoms with van der Waals surface area (Å²) in [4.78, 5) is 13.4. The first-order valence-corrected chi connectivity index (χ1v) is 5.31. The molecule has 1 rings (SSSR count). The third-order valence-electron chi connectivity index (χ3n) is 2.85. The van der Waals surface area contributed by atoms with Gasteiger partial charge in [0.15, 0.2) is 0 Å². The summed E-state index contributed by atoms with van der Waals surface area (Å²) >= 11 is 0. The maximum absolute atomic E-state index is 11.5. The largest absolute Gasteiger partial charge is 0.393 e. The molecule has 0 unspecified atom stereocenters. The molecule has 0 aromatic rings. The van der Waals surface area contributed by atoms with Gasteiger partial charge in [0.25, 0.3) is 0 Å². The molecule has 1 fully saturated rings. The average molecular weight is 200 g/mol. The number of aliphatic hydroxyl groups excluding tert-OH is 1. The Morgan fingerprint density at radius 2 is 2.43 bits per heavy atom. The van der Waals surface area contributed by atoms with Crippen LogP contribution in [0, 0.1) is 5.92 Å². The van der Waals surface area contributed by atoms with Crippen molar-refractivity contribution in [2.75, 3.05) is 19.6 Å². The topological polar surface area (TPSA) is 66.6 Å². The highest BCUT2D eigenvalue weighted by Gasteiger charge is 2.25. The molecule has 1 amide bonds. The Kier molecular flexibility index (Phi) is 4.35. The molecule has 0 spiro atoms. The van der Waals surface area contributed by atoms with E-state index in [-0.39, 0.29) is 17.9 Å². The van der Waals surface area contributed by atoms with Crippen molar-refractivity contribution >= 4 is 5.91 Å². The van der Waals surface area contributed by atoms with Crippen LogP contribution in [-0.4, -0.2) is 41.7 Å². The van der Waals surface area contributed by atoms with Gasteiger partial charge in [0, 0.05) is 32.0 Å². The van der Waals surface area contributed by atoms with E-state index in [4.69, 9.17) is 5.73 Å². The summed E-state index contributed by atoms with van der Waals surface area (Å²) in [5.41, 5.74) is 5.33. The van der Waals surface area contributed by atoms with Gasteiger partial charge in [-0.1, -0.05) is 0 Å². The second-order valence-corrected chi connectivity index (χ2v) is 4.02. The van der Waals surface area contributed by atoms with Crippen molar-refractivity contribution in [3.63, 3.8) is 0 Å². The first-order valence-electron chi connectivity index (χ1n) is 5.31. The summed E-state index contributed by atoms with van der Waals surface area (Å²) in [5, 5.41) is 9.44. The maximum Gasteiger partial charge on any atom is 0.223 e. The fourth-order valence-corrected chi connectivity index (χ4v) is 1.91. The molecule has 0 aromatic carbocycles. The molecule has 2 atom stereocenters. The highest BCUT2D eigenvalue weighted by atomic mass is 16.3. The van der Waals surface area contributed by atoms with Crippen LogP contribution in [0.1, 0.15) is 26.2 Å². The highest BCUT2D eigenvalue weighted by molar-refractivity contribution is 5.76. The lowest BCUT2D eigenvalue weighted by Crippen LogP contribution is -2.43. The van der Waals surface area contributed by atoms with Gasteiger partial charge in [-0.05, 0) is 19.8 Å². The highest BCUT2D eigenvalue weighted by Crippen LogP contribution is 2.19. The number of hydrogen-bond acceptors (Lipinski definition) is 3. The van der Waals surface area contributed by atoms with Crippen LogP contribution < -0.4 is 5.73 Å². The van der Waals surface area contributed by atoms with Gasteiger partial charge >= 0.3 is 0 Å². The number of aliphatic hydroxyl groups is 1. The number of amides is 1. The zero-order valence-corrected chi connectivity index (χ0v) is 8.78. The molecule has 14 heavy (non-hydrogen) atoms. The number of carbonyl (C=O) groups is 1. The maximum atomic E-state index is 11.5. The van der Waals surface area contributed by atoms with Crippen molar-refractivity contribution in [3.05, 3.63) is 0 Å². The number of likely N-dealkylation sites (tertiary alicyclic amines) is 1. The summed E-state index contributed by atoms with van der Waals surface area (Å²) in [5.74, 6) is 0.364. The molecule has 4 heteroatoms. The Labute approximate surface area is 85.1 Å². The molecule has 0 saturated carbocycles. The van der Waals surface area contributed by atoms with Crippen LogP contribution in [0.15, 0.2) is 0 Å². The normalized spacial score (nSPS) is 24.8. The number of nitrogens with zero attached hydrogens (tertiary/aromatic N) is 1. The van der Waals surface area contributed by atoms with Crippen molar-refractivity contribution in [2.24, 2.45) is 11.7 Å². The van der Waals surface area contributed by atoms with Crippen molar-refractivity contribution in [1.29, 1.82) is 0 Å². The van der Waals surface area contributed by atoms with Gasteiger partial charge in [0.1, 0.15) is 0 Å². The van der Waals surface area contributed by atoms with E-state index in [0.717, 1.165) is 19.4 Å². The number of carbonyl (C=O) groups excluding carboxylic acids is 1. The molecule has 1 heterocycles. The third-order valence-corrected chi connectivity index (χ3v) is 2.85. The predicted octanol–water partition coefficient (Wildman–Crippen LogP) is -0.0454. The summed E-state index contributed by atoms with van der Waals surface area (Å²) in [6.07, 6.45) is 2.12. The minimum atomic E-state index is -0.316. The lowest BCUT2D eigenvalue weighted by Gasteiger charge is -2.34. The van der Waals surface area contributed by atoms with Crippen molar-refractivity contribution in [1.82, 2.24) is 4.90 Å². The SMILES string of the molecule is C[C@@H](O)[C@H]1CCCN(C(=O)CCN)C1. The minimum Gasteiger partial charge on any atom is -0.393 e. The molecular weight excluding hydrogens is 180 g/mol. The van der Waals surface area contributed by atoms with Gasteiger partial charge in [0.05, 0.1) is 6.10 Å². The minimum absolute atomic E-state index is 0.123. The average Bonchev–Trinajstić information content (AvgIpc) is 2.18. The van der Waals surface area contributed by atoms with Crippen molar-refractivity contribution < 1.29 is 9.90 Å². The van der Waals surface area contributed by atoms with E-state index in [1.165, 1.54) is 0 Å². The molecule has 0 aromatic heterocycles. The zero-order valence-electron chi connectivity index (χ0n) is 8.78. The summed E-state index contributed by atoms with van der Waals surface area (Å²) < 4.78 is 0. The zero-order chi connectivity index (χ0) is 10.6. The smallest absolute Gasteiger partial charge is 0.223 e. The van der Waals surface area contributed by atoms with Gasteiger partial charge in [-0.25, -0.2) is 0 Å². The van der Waals surface area contributed by atoms with E-state index in [1.807, 2.05) is 4.90 Å². The van der Waals surface area contributed by atoms with Crippen LogP contribution in [0.2, 0.25) is 0 Å². The third kappa shape index (κ3) is 2.96. The molecule has 4 nitrogen and oxygen atoms in total. The summed E-state index contributed by atoms with van der Waals surface area (Å²) in [6.45, 7) is 3.72. The lowest BCUT2D eigenvalue weighted by molar-refractivity contribution is -0.133. The van der Waals surface area contributed by atoms with Crippen LogP contribution in [0.25, 0.3) is 0 Å². The van der Waals surface area contributed by atoms with Gasteiger partial charge in [0.2, 0.25) is 5.91 Å². The Bertz CT molecular complexity index is 195. The second-order valence-electron chi connectivity index (χ2n) is 4.02. The van der Waals surface area contributed by atoms with Crippen molar-refractivity contribution in [3.8, 4) is 0 Å². The summed E-state index contributed by atoms with van der Waals surface area (Å²) in [6, 6.07) is 0. The quantitative estimate of drug-likeness (QED) is 0.671. The molecule has 0 aliphatic carbocycles. The predicted molar refractivity (Wildman–Crippen MR) is 54.7 cm³/mol. The van der Waals surface area contributed by atoms with Crippen LogP contribution >= 0.6 is 0 Å². The van der Waals surface area contributed by atoms with Crippen molar-refractivity contribution in [2.45, 2.75) is 32.3 Å². The molecule has 1 aliphatic heterocycles. The number of rotatable bonds is 3. The molecule has 3 N–H and O–H groups in total. The molecule has 1 aliphatic rings. The molecule has 82 valence electrons. The molecule has 0 radical (unpaired) electrons. The van der Waals surface area contributed by atoms with Crippen LogP contribution in [-0.2, 0) is 4.79 Å². The Balaban J connectivity index is 2.43. The van der Waals surface area contributed by atoms with Crippen LogP contribution in [0.5, 0.6) is 0 Å². The number of nitrogens with two attached hydrogens (primary N) is 1. The standard InChI is InChI=1S/C10H20N2O2/c1-8(13)9-3-2-6-12(7-9)10(14)4-5-11/h8-9,13H,2-7,11H2,1H3/t8-,9+/m1/s1. The fraction of sp³-hybridized carbons (Fsp3) is 0.900. The van der Waals surface area contributed by atoms with Gasteiger partial charge in [-0.15, -0.1) is 0 Å². The first kappa shape index (κ1) is 11.5. The Morgan fingerprint density at radius 1 is 1.71 bits per heavy atom. The first-order chi connectivity index (χ1) is 6.65. The van der Waals surface area contributed by atoms with E-state index in [1.54, 1.807) is 6.92 Å². The number of hydrogen-bond donors (Lipinski definition) is 2. The molecule has 1 saturated heterocycles. The van der Waals surface area contributed by atoms with E-state index < -0.39 is 0 Å². The Hall–Kier alpha value is -0.610. The fourth-order valence-electron chi connectivity index (χ4n) is 1.91. The van der Waals surface area contributed by atoms with Gasteiger partial charge in [-0.3, -0.25) is 4.79 Å². The lowest BCUT2D eigenvalue weighted by atomic mass is 9.93. The van der Waals surface area contributed by atoms with E-state index >= 15 is 0 Å². The van der Waals surface area contributed by atoms with E-state index in [9.17, 15) is 9.90 Å². The van der Waals surface area contributed by atoms with Gasteiger partial charge in [-0.2, -0.15) is 0 Å². The summed E-state index contributed by atoms with van der Waals surface area (Å²) in [7, 11) is 0. The molecule has 0 bridgehead atoms. The van der Waals surface area contributed by atoms with E-state index in [2.05, 4.69) is 0 Å². The van der Waals surface area contributed by atoms with Gasteiger partial charge < -0.3 is 15.7 Å². The molecular formula is C10H20N2O2. The number of piperidine rings is 1.